The van der Waals surface area contributed by atoms with Gasteiger partial charge in [0.15, 0.2) is 0 Å². The van der Waals surface area contributed by atoms with E-state index in [1.165, 1.54) is 10.6 Å². The summed E-state index contributed by atoms with van der Waals surface area (Å²) in [6.45, 7) is 0. The number of halogens is 2. The molecule has 4 heteroatoms. The van der Waals surface area contributed by atoms with Crippen LogP contribution in [-0.4, -0.2) is 4.57 Å². The van der Waals surface area contributed by atoms with Crippen LogP contribution < -0.4 is 5.56 Å². The van der Waals surface area contributed by atoms with Crippen molar-refractivity contribution >= 4 is 34.1 Å². The van der Waals surface area contributed by atoms with E-state index in [9.17, 15) is 4.79 Å². The van der Waals surface area contributed by atoms with Gasteiger partial charge >= 0.3 is 0 Å². The van der Waals surface area contributed by atoms with Gasteiger partial charge in [-0.3, -0.25) is 4.79 Å². The van der Waals surface area contributed by atoms with Gasteiger partial charge in [0, 0.05) is 23.5 Å². The van der Waals surface area contributed by atoms with Crippen molar-refractivity contribution in [2.45, 2.75) is 0 Å². The quantitative estimate of drug-likeness (QED) is 0.679. The molecule has 0 N–H and O–H groups in total. The minimum absolute atomic E-state index is 0.134. The molecule has 0 saturated heterocycles. The molecule has 1 aromatic heterocycles. The summed E-state index contributed by atoms with van der Waals surface area (Å²) in [6.07, 6.45) is 0. The first-order valence-electron chi connectivity index (χ1n) is 4.04. The minimum Gasteiger partial charge on any atom is -0.311 e. The molecule has 0 aliphatic carbocycles. The minimum atomic E-state index is -0.134. The number of benzene rings is 1. The number of nitrogens with zero attached hydrogens (tertiary/aromatic N) is 1. The maximum Gasteiger partial charge on any atom is 0.252 e. The fraction of sp³-hybridized carbons (Fsp3) is 0.100. The first-order chi connectivity index (χ1) is 6.59. The van der Waals surface area contributed by atoms with Crippen LogP contribution in [0, 0.1) is 0 Å². The summed E-state index contributed by atoms with van der Waals surface area (Å²) in [4.78, 5) is 11.4. The lowest BCUT2D eigenvalue weighted by atomic mass is 10.2. The Kier molecular flexibility index (Phi) is 2.25. The Balaban J connectivity index is 3.03. The SMILES string of the molecule is Cn1c(=O)cc(Cl)c2ccc(Cl)cc21. The standard InChI is InChI=1S/C10H7Cl2NO/c1-13-9-4-6(11)2-3-7(9)8(12)5-10(13)14/h2-5H,1H3. The number of hydrogen-bond acceptors (Lipinski definition) is 1. The summed E-state index contributed by atoms with van der Waals surface area (Å²) >= 11 is 11.8. The molecule has 14 heavy (non-hydrogen) atoms. The van der Waals surface area contributed by atoms with Crippen LogP contribution in [0.3, 0.4) is 0 Å². The lowest BCUT2D eigenvalue weighted by molar-refractivity contribution is 0.906. The normalized spacial score (nSPS) is 10.8. The highest BCUT2D eigenvalue weighted by atomic mass is 35.5. The highest BCUT2D eigenvalue weighted by Gasteiger charge is 2.04. The second-order valence-corrected chi connectivity index (χ2v) is 3.89. The topological polar surface area (TPSA) is 22.0 Å². The van der Waals surface area contributed by atoms with Crippen molar-refractivity contribution < 1.29 is 0 Å². The van der Waals surface area contributed by atoms with Gasteiger partial charge < -0.3 is 4.57 Å². The van der Waals surface area contributed by atoms with Crippen molar-refractivity contribution in [3.8, 4) is 0 Å². The molecule has 72 valence electrons. The van der Waals surface area contributed by atoms with E-state index in [-0.39, 0.29) is 5.56 Å². The molecule has 0 atom stereocenters. The number of fused-ring (bicyclic) bond motifs is 1. The van der Waals surface area contributed by atoms with Crippen LogP contribution in [0.5, 0.6) is 0 Å². The zero-order chi connectivity index (χ0) is 10.3. The highest BCUT2D eigenvalue weighted by Crippen LogP contribution is 2.23. The van der Waals surface area contributed by atoms with E-state index in [2.05, 4.69) is 0 Å². The molecule has 0 bridgehead atoms. The van der Waals surface area contributed by atoms with E-state index in [0.29, 0.717) is 10.0 Å². The fourth-order valence-corrected chi connectivity index (χ4v) is 1.81. The molecule has 0 radical (unpaired) electrons. The van der Waals surface area contributed by atoms with Crippen LogP contribution in [0.4, 0.5) is 0 Å². The first kappa shape index (κ1) is 9.56. The third kappa shape index (κ3) is 1.41. The Morgan fingerprint density at radius 2 is 1.93 bits per heavy atom. The van der Waals surface area contributed by atoms with E-state index in [1.807, 2.05) is 0 Å². The molecule has 2 rings (SSSR count). The summed E-state index contributed by atoms with van der Waals surface area (Å²) in [7, 11) is 1.69. The van der Waals surface area contributed by atoms with Crippen molar-refractivity contribution in [3.63, 3.8) is 0 Å². The Labute approximate surface area is 90.7 Å². The summed E-state index contributed by atoms with van der Waals surface area (Å²) in [5.41, 5.74) is 0.611. The zero-order valence-electron chi connectivity index (χ0n) is 7.42. The Bertz CT molecular complexity index is 560. The average Bonchev–Trinajstić information content (AvgIpc) is 2.14. The van der Waals surface area contributed by atoms with Crippen molar-refractivity contribution in [2.75, 3.05) is 0 Å². The van der Waals surface area contributed by atoms with Gasteiger partial charge in [0.1, 0.15) is 0 Å². The second kappa shape index (κ2) is 3.30. The maximum atomic E-state index is 11.4. The highest BCUT2D eigenvalue weighted by molar-refractivity contribution is 6.36. The third-order valence-corrected chi connectivity index (χ3v) is 2.71. The van der Waals surface area contributed by atoms with Gasteiger partial charge in [-0.05, 0) is 18.2 Å². The van der Waals surface area contributed by atoms with E-state index in [0.717, 1.165) is 10.9 Å². The Hall–Kier alpha value is -0.990. The van der Waals surface area contributed by atoms with E-state index in [4.69, 9.17) is 23.2 Å². The molecule has 0 spiro atoms. The molecule has 2 nitrogen and oxygen atoms in total. The monoisotopic (exact) mass is 227 g/mol. The van der Waals surface area contributed by atoms with Gasteiger partial charge in [0.25, 0.3) is 5.56 Å². The third-order valence-electron chi connectivity index (χ3n) is 2.16. The predicted octanol–water partition coefficient (Wildman–Crippen LogP) is 2.85. The summed E-state index contributed by atoms with van der Waals surface area (Å²) in [6, 6.07) is 6.68. The second-order valence-electron chi connectivity index (χ2n) is 3.05. The van der Waals surface area contributed by atoms with Crippen LogP contribution in [0.1, 0.15) is 0 Å². The lowest BCUT2D eigenvalue weighted by Gasteiger charge is -2.05. The van der Waals surface area contributed by atoms with Crippen LogP contribution in [-0.2, 0) is 7.05 Å². The average molecular weight is 228 g/mol. The Morgan fingerprint density at radius 3 is 2.64 bits per heavy atom. The molecule has 0 saturated carbocycles. The number of hydrogen-bond donors (Lipinski definition) is 0. The molecular formula is C10H7Cl2NO. The van der Waals surface area contributed by atoms with Crippen LogP contribution in [0.2, 0.25) is 10.0 Å². The summed E-state index contributed by atoms with van der Waals surface area (Å²) in [5.74, 6) is 0. The largest absolute Gasteiger partial charge is 0.311 e. The Morgan fingerprint density at radius 1 is 1.21 bits per heavy atom. The van der Waals surface area contributed by atoms with Gasteiger partial charge in [-0.25, -0.2) is 0 Å². The maximum absolute atomic E-state index is 11.4. The molecule has 0 aliphatic rings. The lowest BCUT2D eigenvalue weighted by Crippen LogP contribution is -2.15. The number of rotatable bonds is 0. The number of pyridine rings is 1. The first-order valence-corrected chi connectivity index (χ1v) is 4.80. The van der Waals surface area contributed by atoms with E-state index >= 15 is 0 Å². The molecular weight excluding hydrogens is 221 g/mol. The van der Waals surface area contributed by atoms with Gasteiger partial charge in [0.2, 0.25) is 0 Å². The molecule has 1 aromatic carbocycles. The molecule has 0 amide bonds. The van der Waals surface area contributed by atoms with Crippen molar-refractivity contribution in [2.24, 2.45) is 7.05 Å². The van der Waals surface area contributed by atoms with Crippen molar-refractivity contribution in [1.29, 1.82) is 0 Å². The molecule has 0 unspecified atom stereocenters. The van der Waals surface area contributed by atoms with Gasteiger partial charge in [-0.1, -0.05) is 23.2 Å². The molecule has 0 fully saturated rings. The van der Waals surface area contributed by atoms with Gasteiger partial charge in [-0.15, -0.1) is 0 Å². The van der Waals surface area contributed by atoms with Crippen LogP contribution in [0.25, 0.3) is 10.9 Å². The van der Waals surface area contributed by atoms with E-state index in [1.54, 1.807) is 25.2 Å². The molecule has 0 aliphatic heterocycles. The zero-order valence-corrected chi connectivity index (χ0v) is 8.93. The molecule has 2 aromatic rings. The summed E-state index contributed by atoms with van der Waals surface area (Å²) in [5, 5.41) is 1.88. The smallest absolute Gasteiger partial charge is 0.252 e. The van der Waals surface area contributed by atoms with Crippen LogP contribution in [0.15, 0.2) is 29.1 Å². The summed E-state index contributed by atoms with van der Waals surface area (Å²) < 4.78 is 1.52. The van der Waals surface area contributed by atoms with Crippen molar-refractivity contribution in [1.82, 2.24) is 4.57 Å². The fourth-order valence-electron chi connectivity index (χ4n) is 1.39. The number of aryl methyl sites for hydroxylation is 1. The number of aromatic nitrogens is 1. The molecule has 1 heterocycles. The van der Waals surface area contributed by atoms with Crippen LogP contribution >= 0.6 is 23.2 Å². The predicted molar refractivity (Wildman–Crippen MR) is 59.2 cm³/mol. The van der Waals surface area contributed by atoms with Gasteiger partial charge in [-0.2, -0.15) is 0 Å². The van der Waals surface area contributed by atoms with E-state index < -0.39 is 0 Å². The van der Waals surface area contributed by atoms with Crippen molar-refractivity contribution in [3.05, 3.63) is 44.7 Å². The van der Waals surface area contributed by atoms with Gasteiger partial charge in [0.05, 0.1) is 10.5 Å².